The molecule has 1 aliphatic rings. The highest BCUT2D eigenvalue weighted by atomic mass is 19.1. The van der Waals surface area contributed by atoms with Gasteiger partial charge in [0.2, 0.25) is 0 Å². The first-order valence-corrected chi connectivity index (χ1v) is 5.41. The van der Waals surface area contributed by atoms with Crippen LogP contribution < -0.4 is 5.73 Å². The second kappa shape index (κ2) is 4.73. The zero-order chi connectivity index (χ0) is 10.7. The van der Waals surface area contributed by atoms with Crippen LogP contribution in [0.25, 0.3) is 0 Å². The summed E-state index contributed by atoms with van der Waals surface area (Å²) in [5.74, 6) is 0. The molecule has 2 rings (SSSR count). The van der Waals surface area contributed by atoms with Crippen LogP contribution in [0.2, 0.25) is 0 Å². The van der Waals surface area contributed by atoms with E-state index in [1.165, 1.54) is 5.56 Å². The number of benzene rings is 1. The van der Waals surface area contributed by atoms with Crippen molar-refractivity contribution in [1.82, 2.24) is 4.90 Å². The van der Waals surface area contributed by atoms with E-state index in [0.717, 1.165) is 6.54 Å². The third kappa shape index (κ3) is 2.55. The molecule has 2 atom stereocenters. The summed E-state index contributed by atoms with van der Waals surface area (Å²) in [5.41, 5.74) is 6.86. The lowest BCUT2D eigenvalue weighted by atomic mass is 10.2. The number of nitrogens with two attached hydrogens (primary N) is 1. The molecule has 0 aliphatic carbocycles. The van der Waals surface area contributed by atoms with Crippen LogP contribution in [0, 0.1) is 0 Å². The Morgan fingerprint density at radius 1 is 1.33 bits per heavy atom. The van der Waals surface area contributed by atoms with Gasteiger partial charge in [-0.25, -0.2) is 4.39 Å². The van der Waals surface area contributed by atoms with E-state index < -0.39 is 6.17 Å². The molecule has 1 aliphatic heterocycles. The Bertz CT molecular complexity index is 302. The predicted octanol–water partition coefficient (Wildman–Crippen LogP) is 1.56. The number of hydrogen-bond donors (Lipinski definition) is 1. The van der Waals surface area contributed by atoms with Crippen molar-refractivity contribution in [2.24, 2.45) is 5.73 Å². The van der Waals surface area contributed by atoms with Gasteiger partial charge < -0.3 is 5.73 Å². The molecule has 0 aromatic heterocycles. The maximum atomic E-state index is 13.2. The number of rotatable bonds is 3. The molecule has 0 radical (unpaired) electrons. The van der Waals surface area contributed by atoms with Crippen molar-refractivity contribution in [2.45, 2.75) is 25.2 Å². The largest absolute Gasteiger partial charge is 0.329 e. The highest BCUT2D eigenvalue weighted by molar-refractivity contribution is 5.15. The van der Waals surface area contributed by atoms with Gasteiger partial charge in [-0.2, -0.15) is 0 Å². The Kier molecular flexibility index (Phi) is 3.34. The molecule has 0 amide bonds. The van der Waals surface area contributed by atoms with E-state index in [2.05, 4.69) is 17.0 Å². The monoisotopic (exact) mass is 208 g/mol. The Labute approximate surface area is 89.9 Å². The second-order valence-corrected chi connectivity index (χ2v) is 4.14. The SMILES string of the molecule is NC[C@@H]1C[C@H](F)CN1Cc1ccccc1. The molecule has 0 saturated carbocycles. The van der Waals surface area contributed by atoms with Gasteiger partial charge in [0.25, 0.3) is 0 Å². The summed E-state index contributed by atoms with van der Waals surface area (Å²) in [7, 11) is 0. The third-order valence-corrected chi connectivity index (χ3v) is 2.98. The highest BCUT2D eigenvalue weighted by Gasteiger charge is 2.30. The minimum absolute atomic E-state index is 0.209. The van der Waals surface area contributed by atoms with Crippen molar-refractivity contribution in [2.75, 3.05) is 13.1 Å². The molecule has 1 aromatic carbocycles. The van der Waals surface area contributed by atoms with Crippen LogP contribution in [0.4, 0.5) is 4.39 Å². The number of alkyl halides is 1. The number of halogens is 1. The van der Waals surface area contributed by atoms with Crippen LogP contribution >= 0.6 is 0 Å². The van der Waals surface area contributed by atoms with E-state index in [9.17, 15) is 4.39 Å². The average molecular weight is 208 g/mol. The third-order valence-electron chi connectivity index (χ3n) is 2.98. The normalized spacial score (nSPS) is 27.1. The fraction of sp³-hybridized carbons (Fsp3) is 0.500. The van der Waals surface area contributed by atoms with Crippen molar-refractivity contribution in [3.8, 4) is 0 Å². The van der Waals surface area contributed by atoms with Crippen LogP contribution in [0.15, 0.2) is 30.3 Å². The van der Waals surface area contributed by atoms with Gasteiger partial charge >= 0.3 is 0 Å². The predicted molar refractivity (Wildman–Crippen MR) is 59.2 cm³/mol. The summed E-state index contributed by atoms with van der Waals surface area (Å²) in [6, 6.07) is 10.4. The summed E-state index contributed by atoms with van der Waals surface area (Å²) >= 11 is 0. The van der Waals surface area contributed by atoms with E-state index in [-0.39, 0.29) is 6.04 Å². The first-order chi connectivity index (χ1) is 7.29. The highest BCUT2D eigenvalue weighted by Crippen LogP contribution is 2.21. The van der Waals surface area contributed by atoms with Crippen LogP contribution in [0.1, 0.15) is 12.0 Å². The molecule has 82 valence electrons. The fourth-order valence-corrected chi connectivity index (χ4v) is 2.18. The average Bonchev–Trinajstić information content (AvgIpc) is 2.60. The topological polar surface area (TPSA) is 29.3 Å². The first kappa shape index (κ1) is 10.6. The lowest BCUT2D eigenvalue weighted by molar-refractivity contribution is 0.238. The van der Waals surface area contributed by atoms with Gasteiger partial charge in [0, 0.05) is 25.7 Å². The van der Waals surface area contributed by atoms with Gasteiger partial charge in [0.1, 0.15) is 6.17 Å². The van der Waals surface area contributed by atoms with Crippen LogP contribution in [-0.4, -0.2) is 30.2 Å². The Morgan fingerprint density at radius 2 is 2.07 bits per heavy atom. The van der Waals surface area contributed by atoms with Crippen molar-refractivity contribution in [3.05, 3.63) is 35.9 Å². The Morgan fingerprint density at radius 3 is 2.73 bits per heavy atom. The number of likely N-dealkylation sites (tertiary alicyclic amines) is 1. The zero-order valence-electron chi connectivity index (χ0n) is 8.77. The van der Waals surface area contributed by atoms with Crippen molar-refractivity contribution in [3.63, 3.8) is 0 Å². The van der Waals surface area contributed by atoms with Crippen molar-refractivity contribution < 1.29 is 4.39 Å². The lowest BCUT2D eigenvalue weighted by Gasteiger charge is -2.22. The van der Waals surface area contributed by atoms with Gasteiger partial charge in [-0.15, -0.1) is 0 Å². The Hall–Kier alpha value is -0.930. The minimum Gasteiger partial charge on any atom is -0.329 e. The summed E-state index contributed by atoms with van der Waals surface area (Å²) < 4.78 is 13.2. The van der Waals surface area contributed by atoms with Crippen LogP contribution in [0.5, 0.6) is 0 Å². The first-order valence-electron chi connectivity index (χ1n) is 5.41. The van der Waals surface area contributed by atoms with Gasteiger partial charge in [-0.1, -0.05) is 30.3 Å². The quantitative estimate of drug-likeness (QED) is 0.816. The van der Waals surface area contributed by atoms with Crippen molar-refractivity contribution >= 4 is 0 Å². The maximum absolute atomic E-state index is 13.2. The molecule has 15 heavy (non-hydrogen) atoms. The van der Waals surface area contributed by atoms with Gasteiger partial charge in [0.15, 0.2) is 0 Å². The van der Waals surface area contributed by atoms with Gasteiger partial charge in [-0.3, -0.25) is 4.90 Å². The fourth-order valence-electron chi connectivity index (χ4n) is 2.18. The molecular formula is C12H17FN2. The number of nitrogens with zero attached hydrogens (tertiary/aromatic N) is 1. The molecule has 1 aromatic rings. The molecule has 0 spiro atoms. The molecule has 1 fully saturated rings. The zero-order valence-corrected chi connectivity index (χ0v) is 8.77. The maximum Gasteiger partial charge on any atom is 0.114 e. The summed E-state index contributed by atoms with van der Waals surface area (Å²) in [6.45, 7) is 1.88. The molecule has 1 heterocycles. The molecule has 2 nitrogen and oxygen atoms in total. The molecule has 3 heteroatoms. The van der Waals surface area contributed by atoms with Gasteiger partial charge in [0.05, 0.1) is 0 Å². The second-order valence-electron chi connectivity index (χ2n) is 4.14. The van der Waals surface area contributed by atoms with E-state index in [0.29, 0.717) is 19.5 Å². The van der Waals surface area contributed by atoms with E-state index in [1.54, 1.807) is 0 Å². The van der Waals surface area contributed by atoms with Gasteiger partial charge in [-0.05, 0) is 12.0 Å². The van der Waals surface area contributed by atoms with E-state index in [4.69, 9.17) is 5.73 Å². The summed E-state index contributed by atoms with van der Waals surface area (Å²) in [4.78, 5) is 2.14. The lowest BCUT2D eigenvalue weighted by Crippen LogP contribution is -2.34. The summed E-state index contributed by atoms with van der Waals surface area (Å²) in [6.07, 6.45) is -0.120. The molecule has 2 N–H and O–H groups in total. The van der Waals surface area contributed by atoms with Crippen molar-refractivity contribution in [1.29, 1.82) is 0 Å². The molecule has 1 saturated heterocycles. The number of hydrogen-bond acceptors (Lipinski definition) is 2. The Balaban J connectivity index is 2.00. The molecule has 0 bridgehead atoms. The van der Waals surface area contributed by atoms with E-state index in [1.807, 2.05) is 18.2 Å². The van der Waals surface area contributed by atoms with Crippen LogP contribution in [0.3, 0.4) is 0 Å². The summed E-state index contributed by atoms with van der Waals surface area (Å²) in [5, 5.41) is 0. The van der Waals surface area contributed by atoms with E-state index >= 15 is 0 Å². The van der Waals surface area contributed by atoms with Crippen LogP contribution in [-0.2, 0) is 6.54 Å². The molecular weight excluding hydrogens is 191 g/mol. The molecule has 0 unspecified atom stereocenters. The standard InChI is InChI=1S/C12H17FN2/c13-11-6-12(7-14)15(9-11)8-10-4-2-1-3-5-10/h1-5,11-12H,6-9,14H2/t11-,12-/m0/s1. The minimum atomic E-state index is -0.706. The smallest absolute Gasteiger partial charge is 0.114 e.